The van der Waals surface area contributed by atoms with Gasteiger partial charge in [-0.2, -0.15) is 0 Å². The molecule has 0 aliphatic rings. The molecule has 0 rings (SSSR count). The zero-order valence-electron chi connectivity index (χ0n) is 24.7. The first-order valence-electron chi connectivity index (χ1n) is 15.3. The van der Waals surface area contributed by atoms with Gasteiger partial charge in [0, 0.05) is 6.42 Å². The summed E-state index contributed by atoms with van der Waals surface area (Å²) >= 11 is 3.46. The third kappa shape index (κ3) is 41.5. The molecule has 0 heterocycles. The van der Waals surface area contributed by atoms with E-state index >= 15 is 0 Å². The van der Waals surface area contributed by atoms with Gasteiger partial charge in [-0.1, -0.05) is 124 Å². The molecule has 36 heavy (non-hydrogen) atoms. The van der Waals surface area contributed by atoms with Gasteiger partial charge in [0.25, 0.3) is 0 Å². The first kappa shape index (κ1) is 40.8. The van der Waals surface area contributed by atoms with Crippen molar-refractivity contribution in [1.82, 2.24) is 0 Å². The van der Waals surface area contributed by atoms with Crippen molar-refractivity contribution in [2.75, 3.05) is 31.7 Å². The molecule has 0 atom stereocenters. The molecule has 4 nitrogen and oxygen atoms in total. The van der Waals surface area contributed by atoms with Crippen LogP contribution >= 0.6 is 20.6 Å². The Morgan fingerprint density at radius 2 is 0.833 bits per heavy atom. The summed E-state index contributed by atoms with van der Waals surface area (Å²) in [6, 6.07) is 0. The maximum Gasteiger partial charge on any atom is 0.185 e. The van der Waals surface area contributed by atoms with E-state index in [1.54, 1.807) is 25.4 Å². The van der Waals surface area contributed by atoms with Crippen LogP contribution < -0.4 is 0 Å². The molecule has 0 aliphatic carbocycles. The highest BCUT2D eigenvalue weighted by Gasteiger charge is 2.08. The highest BCUT2D eigenvalue weighted by atomic mass is 32.1. The van der Waals surface area contributed by atoms with Gasteiger partial charge in [-0.15, -0.1) is 20.6 Å². The monoisotopic (exact) mass is 552 g/mol. The summed E-state index contributed by atoms with van der Waals surface area (Å²) < 4.78 is 0. The zero-order chi connectivity index (χ0) is 27.7. The van der Waals surface area contributed by atoms with E-state index < -0.39 is 6.10 Å². The van der Waals surface area contributed by atoms with E-state index in [4.69, 9.17) is 15.3 Å². The summed E-state index contributed by atoms with van der Waals surface area (Å²) in [5, 5.41) is 24.0. The Labute approximate surface area is 233 Å². The molecule has 0 saturated heterocycles. The van der Waals surface area contributed by atoms with Gasteiger partial charge in [0.2, 0.25) is 0 Å². The third-order valence-corrected chi connectivity index (χ3v) is 9.37. The molecule has 3 N–H and O–H groups in total. The fourth-order valence-corrected chi connectivity index (χ4v) is 6.42. The number of carbonyl (C=O) groups is 1. The van der Waals surface area contributed by atoms with Gasteiger partial charge in [0.05, 0.1) is 13.2 Å². The molecule has 6 heteroatoms. The van der Waals surface area contributed by atoms with Crippen molar-refractivity contribution in [3.8, 4) is 0 Å². The molecule has 0 saturated carbocycles. The second-order valence-corrected chi connectivity index (χ2v) is 13.1. The second kappa shape index (κ2) is 37.5. The Hall–Kier alpha value is 0.330. The number of aliphatic hydroxyl groups is 3. The first-order valence-corrected chi connectivity index (χ1v) is 17.6. The molecule has 0 aromatic carbocycles. The smallest absolute Gasteiger partial charge is 0.185 e. The van der Waals surface area contributed by atoms with Crippen LogP contribution in [0.5, 0.6) is 0 Å². The Morgan fingerprint density at radius 3 is 1.03 bits per heavy atom. The minimum atomic E-state index is -0.954. The Bertz CT molecular complexity index is 357. The molecule has 0 radical (unpaired) electrons. The van der Waals surface area contributed by atoms with Crippen LogP contribution in [0.3, 0.4) is 0 Å². The van der Waals surface area contributed by atoms with Gasteiger partial charge < -0.3 is 15.3 Å². The summed E-state index contributed by atoms with van der Waals surface area (Å²) in [6.45, 7) is 8.00. The van der Waals surface area contributed by atoms with Gasteiger partial charge >= 0.3 is 0 Å². The summed E-state index contributed by atoms with van der Waals surface area (Å²) in [6.07, 6.45) is 30.8. The average molecular weight is 553 g/mol. The van der Waals surface area contributed by atoms with E-state index in [2.05, 4.69) is 33.4 Å². The average Bonchev–Trinajstić information content (AvgIpc) is 2.89. The summed E-state index contributed by atoms with van der Waals surface area (Å²) in [5.74, 6) is 0. The van der Waals surface area contributed by atoms with Crippen molar-refractivity contribution in [2.24, 2.45) is 0 Å². The van der Waals surface area contributed by atoms with Crippen molar-refractivity contribution < 1.29 is 20.1 Å². The number of unbranched alkanes of at least 4 members (excludes halogenated alkanes) is 15. The highest BCUT2D eigenvalue weighted by Crippen LogP contribution is 2.39. The normalized spacial score (nSPS) is 10.7. The molecule has 0 aliphatic heterocycles. The van der Waals surface area contributed by atoms with Crippen LogP contribution in [0.15, 0.2) is 0 Å². The number of hydrogen-bond acceptors (Lipinski definition) is 4. The lowest BCUT2D eigenvalue weighted by Gasteiger charge is -2.18. The molecule has 0 fully saturated rings. The van der Waals surface area contributed by atoms with Crippen molar-refractivity contribution >= 4 is 25.7 Å². The van der Waals surface area contributed by atoms with Crippen LogP contribution in [-0.2, 0) is 4.79 Å². The lowest BCUT2D eigenvalue weighted by molar-refractivity contribution is -0.110. The molecule has 0 bridgehead atoms. The Balaban J connectivity index is -0.000000818. The van der Waals surface area contributed by atoms with Crippen molar-refractivity contribution in [2.45, 2.75) is 156 Å². The minimum absolute atomic E-state index is 0.0509. The van der Waals surface area contributed by atoms with Gasteiger partial charge in [0.1, 0.15) is 6.10 Å². The number of aliphatic hydroxyl groups excluding tert-OH is 3. The van der Waals surface area contributed by atoms with E-state index in [-0.39, 0.29) is 18.3 Å². The van der Waals surface area contributed by atoms with Crippen LogP contribution in [0.4, 0.5) is 0 Å². The molecule has 0 unspecified atom stereocenters. The van der Waals surface area contributed by atoms with Gasteiger partial charge in [0.15, 0.2) is 5.12 Å². The highest BCUT2D eigenvalue weighted by molar-refractivity contribution is 7.96. The van der Waals surface area contributed by atoms with Crippen molar-refractivity contribution in [3.63, 3.8) is 0 Å². The standard InChI is InChI=1S/C24H51P.C3H8O3.C3H6OS/c1-4-7-10-13-16-19-22-25(23-20-17-14-11-8-5-2)24-21-18-15-12-9-6-3;4-1-3(6)2-5;1-2-3(4)5/h4-24H2,1-3H3;3-6H,1-2H2;2H2,1H3,(H,4,5). The predicted molar refractivity (Wildman–Crippen MR) is 166 cm³/mol. The van der Waals surface area contributed by atoms with E-state index in [9.17, 15) is 4.79 Å². The molecule has 220 valence electrons. The largest absolute Gasteiger partial charge is 0.394 e. The van der Waals surface area contributed by atoms with Gasteiger partial charge in [-0.25, -0.2) is 0 Å². The fraction of sp³-hybridized carbons (Fsp3) is 0.967. The Kier molecular flexibility index (Phi) is 42.5. The number of hydrogen-bond donors (Lipinski definition) is 4. The van der Waals surface area contributed by atoms with Crippen LogP contribution in [-0.4, -0.2) is 58.2 Å². The lowest BCUT2D eigenvalue weighted by atomic mass is 10.1. The maximum absolute atomic E-state index is 9.68. The summed E-state index contributed by atoms with van der Waals surface area (Å²) in [4.78, 5) is 9.68. The molecule has 0 amide bonds. The quantitative estimate of drug-likeness (QED) is 0.0548. The number of rotatable bonds is 24. The maximum atomic E-state index is 9.68. The summed E-state index contributed by atoms with van der Waals surface area (Å²) in [5.41, 5.74) is 0. The van der Waals surface area contributed by atoms with E-state index in [0.29, 0.717) is 14.3 Å². The molecule has 0 spiro atoms. The Morgan fingerprint density at radius 1 is 0.583 bits per heavy atom. The summed E-state index contributed by atoms with van der Waals surface area (Å²) in [7, 11) is 0.366. The predicted octanol–water partition coefficient (Wildman–Crippen LogP) is 8.73. The van der Waals surface area contributed by atoms with Gasteiger partial charge in [-0.3, -0.25) is 4.79 Å². The van der Waals surface area contributed by atoms with Crippen molar-refractivity contribution in [3.05, 3.63) is 0 Å². The number of carbonyl (C=O) groups excluding carboxylic acids is 1. The van der Waals surface area contributed by atoms with Crippen LogP contribution in [0.2, 0.25) is 0 Å². The SMILES string of the molecule is CCC(=O)S.CCCCCCCCP(CCCCCCCC)CCCCCCCC.OCC(O)CO. The first-order chi connectivity index (χ1) is 17.4. The topological polar surface area (TPSA) is 77.8 Å². The molecular weight excluding hydrogens is 487 g/mol. The zero-order valence-corrected chi connectivity index (χ0v) is 26.5. The molecular formula is C30H65O4PS. The second-order valence-electron chi connectivity index (χ2n) is 9.91. The van der Waals surface area contributed by atoms with Crippen LogP contribution in [0.25, 0.3) is 0 Å². The van der Waals surface area contributed by atoms with Crippen molar-refractivity contribution in [1.29, 1.82) is 0 Å². The number of thiol groups is 1. The van der Waals surface area contributed by atoms with E-state index in [1.165, 1.54) is 116 Å². The molecule has 0 aromatic rings. The third-order valence-electron chi connectivity index (χ3n) is 6.21. The molecule has 0 aromatic heterocycles. The van der Waals surface area contributed by atoms with Crippen LogP contribution in [0, 0.1) is 0 Å². The van der Waals surface area contributed by atoms with E-state index in [1.807, 2.05) is 0 Å². The minimum Gasteiger partial charge on any atom is -0.394 e. The lowest BCUT2D eigenvalue weighted by Crippen LogP contribution is -2.15. The van der Waals surface area contributed by atoms with Gasteiger partial charge in [-0.05, 0) is 37.7 Å². The van der Waals surface area contributed by atoms with E-state index in [0.717, 1.165) is 0 Å². The van der Waals surface area contributed by atoms with Crippen LogP contribution in [0.1, 0.15) is 150 Å². The fourth-order valence-electron chi connectivity index (χ4n) is 3.74.